The molecule has 0 spiro atoms. The first-order valence-electron chi connectivity index (χ1n) is 5.19. The smallest absolute Gasteiger partial charge is 0.288 e. The molecule has 0 saturated heterocycles. The van der Waals surface area contributed by atoms with Crippen LogP contribution in [-0.4, -0.2) is 15.6 Å². The number of aromatic nitrogens is 2. The molecule has 0 saturated carbocycles. The van der Waals surface area contributed by atoms with Gasteiger partial charge in [-0.3, -0.25) is 9.48 Å². The number of carbonyl (C=O) groups excluding carboxylic acids is 1. The lowest BCUT2D eigenvalue weighted by molar-refractivity contribution is -0.140. The van der Waals surface area contributed by atoms with Gasteiger partial charge in [0.1, 0.15) is 5.82 Å². The number of aryl methyl sites for hydroxylation is 1. The summed E-state index contributed by atoms with van der Waals surface area (Å²) >= 11 is 0. The molecule has 3 nitrogen and oxygen atoms in total. The fourth-order valence-electron chi connectivity index (χ4n) is 1.59. The highest BCUT2D eigenvalue weighted by atomic mass is 19.4. The Morgan fingerprint density at radius 3 is 2.42 bits per heavy atom. The third kappa shape index (κ3) is 2.64. The van der Waals surface area contributed by atoms with Crippen molar-refractivity contribution in [1.29, 1.82) is 0 Å². The van der Waals surface area contributed by atoms with Gasteiger partial charge in [0.15, 0.2) is 5.78 Å². The highest BCUT2D eigenvalue weighted by Gasteiger charge is 2.34. The number of nitrogens with zero attached hydrogens (tertiary/aromatic N) is 2. The summed E-state index contributed by atoms with van der Waals surface area (Å²) in [6.07, 6.45) is -2.12. The minimum atomic E-state index is -4.78. The van der Waals surface area contributed by atoms with E-state index in [1.165, 1.54) is 17.1 Å². The summed E-state index contributed by atoms with van der Waals surface area (Å²) in [4.78, 5) is 11.9. The zero-order chi connectivity index (χ0) is 14.2. The van der Waals surface area contributed by atoms with Gasteiger partial charge < -0.3 is 0 Å². The van der Waals surface area contributed by atoms with E-state index in [9.17, 15) is 22.4 Å². The fourth-order valence-corrected chi connectivity index (χ4v) is 1.59. The third-order valence-corrected chi connectivity index (χ3v) is 2.50. The lowest BCUT2D eigenvalue weighted by Gasteiger charge is -2.08. The molecule has 1 aromatic carbocycles. The first-order chi connectivity index (χ1) is 8.79. The molecule has 0 atom stereocenters. The summed E-state index contributed by atoms with van der Waals surface area (Å²) in [7, 11) is 1.59. The summed E-state index contributed by atoms with van der Waals surface area (Å²) in [6, 6.07) is 2.08. The minimum absolute atomic E-state index is 0.154. The summed E-state index contributed by atoms with van der Waals surface area (Å²) < 4.78 is 51.8. The van der Waals surface area contributed by atoms with Crippen molar-refractivity contribution in [3.8, 4) is 0 Å². The van der Waals surface area contributed by atoms with E-state index >= 15 is 0 Å². The second-order valence-corrected chi connectivity index (χ2v) is 3.92. The molecule has 0 aliphatic heterocycles. The van der Waals surface area contributed by atoms with Crippen LogP contribution in [0.4, 0.5) is 17.6 Å². The minimum Gasteiger partial charge on any atom is -0.288 e. The molecule has 0 amide bonds. The summed E-state index contributed by atoms with van der Waals surface area (Å²) in [5.41, 5.74) is -1.37. The van der Waals surface area contributed by atoms with E-state index in [0.717, 1.165) is 6.07 Å². The van der Waals surface area contributed by atoms with Crippen LogP contribution in [0.5, 0.6) is 0 Å². The molecule has 0 unspecified atom stereocenters. The Hall–Kier alpha value is -2.18. The molecule has 100 valence electrons. The predicted molar refractivity (Wildman–Crippen MR) is 58.0 cm³/mol. The van der Waals surface area contributed by atoms with Gasteiger partial charge >= 0.3 is 6.18 Å². The van der Waals surface area contributed by atoms with Crippen LogP contribution in [0.1, 0.15) is 21.5 Å². The van der Waals surface area contributed by atoms with E-state index in [1.54, 1.807) is 7.05 Å². The highest BCUT2D eigenvalue weighted by Crippen LogP contribution is 2.31. The molecule has 0 N–H and O–H groups in total. The van der Waals surface area contributed by atoms with E-state index in [4.69, 9.17) is 0 Å². The van der Waals surface area contributed by atoms with Crippen LogP contribution < -0.4 is 0 Å². The quantitative estimate of drug-likeness (QED) is 0.622. The molecule has 0 radical (unpaired) electrons. The average Bonchev–Trinajstić information content (AvgIpc) is 2.73. The van der Waals surface area contributed by atoms with Crippen molar-refractivity contribution in [3.05, 3.63) is 53.1 Å². The number of halogens is 4. The van der Waals surface area contributed by atoms with Gasteiger partial charge in [-0.05, 0) is 12.1 Å². The molecular weight excluding hydrogens is 264 g/mol. The molecule has 0 aliphatic carbocycles. The Labute approximate surface area is 105 Å². The number of ketones is 1. The molecule has 0 aliphatic rings. The lowest BCUT2D eigenvalue weighted by atomic mass is 10.0. The van der Waals surface area contributed by atoms with Crippen molar-refractivity contribution in [2.75, 3.05) is 0 Å². The maximum atomic E-state index is 13.3. The van der Waals surface area contributed by atoms with Crippen molar-refractivity contribution in [2.24, 2.45) is 7.05 Å². The van der Waals surface area contributed by atoms with E-state index in [2.05, 4.69) is 5.10 Å². The fraction of sp³-hybridized carbons (Fsp3) is 0.167. The summed E-state index contributed by atoms with van der Waals surface area (Å²) in [5, 5.41) is 3.76. The van der Waals surface area contributed by atoms with Gasteiger partial charge in [0.05, 0.1) is 17.3 Å². The van der Waals surface area contributed by atoms with E-state index in [1.807, 2.05) is 0 Å². The van der Waals surface area contributed by atoms with Gasteiger partial charge in [-0.15, -0.1) is 0 Å². The van der Waals surface area contributed by atoms with Crippen molar-refractivity contribution >= 4 is 5.78 Å². The van der Waals surface area contributed by atoms with Crippen LogP contribution in [0.2, 0.25) is 0 Å². The summed E-state index contributed by atoms with van der Waals surface area (Å²) in [6.45, 7) is 0. The molecular formula is C12H8F4N2O. The van der Waals surface area contributed by atoms with Gasteiger partial charge in [-0.2, -0.15) is 18.3 Å². The van der Waals surface area contributed by atoms with Gasteiger partial charge in [-0.1, -0.05) is 6.07 Å². The van der Waals surface area contributed by atoms with Crippen LogP contribution in [0.3, 0.4) is 0 Å². The zero-order valence-electron chi connectivity index (χ0n) is 9.70. The normalized spacial score (nSPS) is 11.6. The van der Waals surface area contributed by atoms with Crippen LogP contribution in [0.15, 0.2) is 30.6 Å². The topological polar surface area (TPSA) is 34.9 Å². The van der Waals surface area contributed by atoms with Gasteiger partial charge in [-0.25, -0.2) is 4.39 Å². The van der Waals surface area contributed by atoms with E-state index in [-0.39, 0.29) is 11.1 Å². The molecule has 1 aromatic heterocycles. The van der Waals surface area contributed by atoms with Crippen LogP contribution in [0.25, 0.3) is 0 Å². The Morgan fingerprint density at radius 2 is 1.95 bits per heavy atom. The molecule has 0 fully saturated rings. The zero-order valence-corrected chi connectivity index (χ0v) is 9.70. The molecule has 0 bridgehead atoms. The van der Waals surface area contributed by atoms with Crippen LogP contribution in [0, 0.1) is 5.82 Å². The number of hydrogen-bond donors (Lipinski definition) is 0. The second-order valence-electron chi connectivity index (χ2n) is 3.92. The van der Waals surface area contributed by atoms with Crippen molar-refractivity contribution in [1.82, 2.24) is 9.78 Å². The number of benzene rings is 1. The van der Waals surface area contributed by atoms with Gasteiger partial charge in [0, 0.05) is 18.8 Å². The Bertz CT molecular complexity index is 631. The standard InChI is InChI=1S/C12H8F4N2O/c1-18-6-8(5-17-18)11(19)7-2-3-9(10(13)4-7)12(14,15)16/h2-6H,1H3. The van der Waals surface area contributed by atoms with E-state index in [0.29, 0.717) is 12.1 Å². The highest BCUT2D eigenvalue weighted by molar-refractivity contribution is 6.08. The number of alkyl halides is 3. The molecule has 2 rings (SSSR count). The van der Waals surface area contributed by atoms with Gasteiger partial charge in [0.25, 0.3) is 0 Å². The van der Waals surface area contributed by atoms with Crippen molar-refractivity contribution in [2.45, 2.75) is 6.18 Å². The predicted octanol–water partition coefficient (Wildman–Crippen LogP) is 2.81. The lowest BCUT2D eigenvalue weighted by Crippen LogP contribution is -2.10. The Kier molecular flexibility index (Phi) is 3.13. The third-order valence-electron chi connectivity index (χ3n) is 2.50. The van der Waals surface area contributed by atoms with E-state index < -0.39 is 23.3 Å². The number of rotatable bonds is 2. The molecule has 7 heteroatoms. The van der Waals surface area contributed by atoms with Crippen molar-refractivity contribution < 1.29 is 22.4 Å². The summed E-state index contributed by atoms with van der Waals surface area (Å²) in [5.74, 6) is -2.05. The first kappa shape index (κ1) is 13.3. The Morgan fingerprint density at radius 1 is 1.26 bits per heavy atom. The van der Waals surface area contributed by atoms with Gasteiger partial charge in [0.2, 0.25) is 0 Å². The van der Waals surface area contributed by atoms with Crippen molar-refractivity contribution in [3.63, 3.8) is 0 Å². The Balaban J connectivity index is 2.38. The van der Waals surface area contributed by atoms with Crippen LogP contribution in [-0.2, 0) is 13.2 Å². The number of hydrogen-bond acceptors (Lipinski definition) is 2. The first-order valence-corrected chi connectivity index (χ1v) is 5.19. The average molecular weight is 272 g/mol. The monoisotopic (exact) mass is 272 g/mol. The SMILES string of the molecule is Cn1cc(C(=O)c2ccc(C(F)(F)F)c(F)c2)cn1. The molecule has 2 aromatic rings. The number of carbonyl (C=O) groups is 1. The maximum Gasteiger partial charge on any atom is 0.419 e. The largest absolute Gasteiger partial charge is 0.419 e. The second kappa shape index (κ2) is 4.49. The maximum absolute atomic E-state index is 13.3. The molecule has 19 heavy (non-hydrogen) atoms. The van der Waals surface area contributed by atoms with Crippen LogP contribution >= 0.6 is 0 Å². The molecule has 1 heterocycles.